The van der Waals surface area contributed by atoms with Gasteiger partial charge >= 0.3 is 0 Å². The van der Waals surface area contributed by atoms with Crippen molar-refractivity contribution in [1.82, 2.24) is 10.6 Å². The number of hydrogen-bond acceptors (Lipinski definition) is 5. The summed E-state index contributed by atoms with van der Waals surface area (Å²) in [6.07, 6.45) is -0.0890. The third-order valence-corrected chi connectivity index (χ3v) is 3.93. The van der Waals surface area contributed by atoms with Crippen LogP contribution in [0.25, 0.3) is 0 Å². The second-order valence-electron chi connectivity index (χ2n) is 5.67. The Morgan fingerprint density at radius 1 is 1.25 bits per heavy atom. The van der Waals surface area contributed by atoms with E-state index in [1.807, 2.05) is 6.92 Å². The first kappa shape index (κ1) is 20.4. The van der Waals surface area contributed by atoms with Gasteiger partial charge in [0.15, 0.2) is 5.78 Å². The minimum absolute atomic E-state index is 0. The fourth-order valence-electron chi connectivity index (χ4n) is 2.54. The number of hydrogen-bond donors (Lipinski definition) is 3. The highest BCUT2D eigenvalue weighted by Gasteiger charge is 2.24. The number of carbonyl (C=O) groups is 2. The van der Waals surface area contributed by atoms with Gasteiger partial charge in [-0.1, -0.05) is 0 Å². The Morgan fingerprint density at radius 3 is 2.54 bits per heavy atom. The molecule has 0 bridgehead atoms. The van der Waals surface area contributed by atoms with E-state index in [0.29, 0.717) is 31.8 Å². The lowest BCUT2D eigenvalue weighted by molar-refractivity contribution is -0.121. The van der Waals surface area contributed by atoms with Crippen LogP contribution in [-0.2, 0) is 4.79 Å². The number of amides is 1. The van der Waals surface area contributed by atoms with Gasteiger partial charge in [0.2, 0.25) is 5.91 Å². The molecule has 1 aromatic rings. The maximum absolute atomic E-state index is 12.1. The quantitative estimate of drug-likeness (QED) is 0.608. The van der Waals surface area contributed by atoms with Gasteiger partial charge in [-0.2, -0.15) is 0 Å². The maximum Gasteiger partial charge on any atom is 0.220 e. The fourth-order valence-corrected chi connectivity index (χ4v) is 2.54. The van der Waals surface area contributed by atoms with E-state index in [-0.39, 0.29) is 42.9 Å². The number of ketones is 1. The molecular weight excluding hydrogens is 332 g/mol. The van der Waals surface area contributed by atoms with E-state index in [1.54, 1.807) is 24.3 Å². The molecule has 1 heterocycles. The standard InChI is InChI=1S/C17H24N2O4.ClH/c1-2-23-14-5-3-12(4-6-14)15(20)7-8-17(22)19-10-13-9-18-11-16(13)21;/h3-6,13,16,18,21H,2,7-11H2,1H3,(H,19,22);1H. The zero-order chi connectivity index (χ0) is 16.7. The Balaban J connectivity index is 0.00000288. The van der Waals surface area contributed by atoms with E-state index >= 15 is 0 Å². The summed E-state index contributed by atoms with van der Waals surface area (Å²) in [7, 11) is 0. The van der Waals surface area contributed by atoms with Crippen molar-refractivity contribution in [2.24, 2.45) is 5.92 Å². The van der Waals surface area contributed by atoms with Crippen molar-refractivity contribution < 1.29 is 19.4 Å². The number of carbonyl (C=O) groups excluding carboxylic acids is 2. The van der Waals surface area contributed by atoms with Crippen LogP contribution in [-0.4, -0.2) is 49.1 Å². The molecule has 1 amide bonds. The van der Waals surface area contributed by atoms with Crippen molar-refractivity contribution in [2.75, 3.05) is 26.2 Å². The van der Waals surface area contributed by atoms with Gasteiger partial charge in [-0.05, 0) is 31.2 Å². The number of benzene rings is 1. The predicted octanol–water partition coefficient (Wildman–Crippen LogP) is 1.17. The molecule has 24 heavy (non-hydrogen) atoms. The van der Waals surface area contributed by atoms with Crippen LogP contribution in [0.15, 0.2) is 24.3 Å². The topological polar surface area (TPSA) is 87.7 Å². The van der Waals surface area contributed by atoms with E-state index in [4.69, 9.17) is 4.74 Å². The number of rotatable bonds is 8. The second kappa shape index (κ2) is 10.3. The summed E-state index contributed by atoms with van der Waals surface area (Å²) in [5.41, 5.74) is 0.580. The summed E-state index contributed by atoms with van der Waals surface area (Å²) < 4.78 is 5.33. The smallest absolute Gasteiger partial charge is 0.220 e. The molecule has 1 fully saturated rings. The molecule has 0 saturated carbocycles. The zero-order valence-electron chi connectivity index (χ0n) is 13.8. The van der Waals surface area contributed by atoms with Gasteiger partial charge in [-0.3, -0.25) is 9.59 Å². The molecule has 2 atom stereocenters. The molecule has 1 aromatic carbocycles. The molecule has 2 rings (SSSR count). The van der Waals surface area contributed by atoms with Crippen LogP contribution < -0.4 is 15.4 Å². The van der Waals surface area contributed by atoms with Crippen molar-refractivity contribution in [2.45, 2.75) is 25.9 Å². The zero-order valence-corrected chi connectivity index (χ0v) is 14.6. The monoisotopic (exact) mass is 356 g/mol. The average molecular weight is 357 g/mol. The van der Waals surface area contributed by atoms with Crippen LogP contribution in [0, 0.1) is 5.92 Å². The Morgan fingerprint density at radius 2 is 1.96 bits per heavy atom. The molecule has 0 aliphatic carbocycles. The van der Waals surface area contributed by atoms with Crippen molar-refractivity contribution in [3.05, 3.63) is 29.8 Å². The Bertz CT molecular complexity index is 536. The van der Waals surface area contributed by atoms with Crippen LogP contribution in [0.2, 0.25) is 0 Å². The number of Topliss-reactive ketones (excluding diaryl/α,β-unsaturated/α-hetero) is 1. The molecule has 6 nitrogen and oxygen atoms in total. The van der Waals surface area contributed by atoms with Gasteiger partial charge in [-0.25, -0.2) is 0 Å². The average Bonchev–Trinajstić information content (AvgIpc) is 2.97. The molecule has 3 N–H and O–H groups in total. The molecule has 0 radical (unpaired) electrons. The molecule has 1 aliphatic heterocycles. The van der Waals surface area contributed by atoms with Gasteiger partial charge in [0.25, 0.3) is 0 Å². The van der Waals surface area contributed by atoms with E-state index in [0.717, 1.165) is 5.75 Å². The van der Waals surface area contributed by atoms with Crippen molar-refractivity contribution in [3.8, 4) is 5.75 Å². The summed E-state index contributed by atoms with van der Waals surface area (Å²) in [6, 6.07) is 6.94. The SMILES string of the molecule is CCOc1ccc(C(=O)CCC(=O)NCC2CNCC2O)cc1.Cl. The normalized spacial score (nSPS) is 19.4. The molecule has 1 aliphatic rings. The van der Waals surface area contributed by atoms with E-state index in [1.165, 1.54) is 0 Å². The van der Waals surface area contributed by atoms with Gasteiger partial charge in [0.05, 0.1) is 12.7 Å². The van der Waals surface area contributed by atoms with Crippen LogP contribution in [0.4, 0.5) is 0 Å². The Hall–Kier alpha value is -1.63. The summed E-state index contributed by atoms with van der Waals surface area (Å²) >= 11 is 0. The summed E-state index contributed by atoms with van der Waals surface area (Å²) in [5, 5.41) is 15.5. The van der Waals surface area contributed by atoms with Crippen LogP contribution in [0.5, 0.6) is 5.75 Å². The lowest BCUT2D eigenvalue weighted by atomic mass is 10.1. The third-order valence-electron chi connectivity index (χ3n) is 3.93. The number of β-amino-alcohol motifs (C(OH)–C–C–N with tert-alkyl or cyclic N) is 1. The van der Waals surface area contributed by atoms with Gasteiger partial charge in [-0.15, -0.1) is 12.4 Å². The Kier molecular flexibility index (Phi) is 8.74. The molecule has 0 spiro atoms. The van der Waals surface area contributed by atoms with Crippen LogP contribution in [0.1, 0.15) is 30.1 Å². The van der Waals surface area contributed by atoms with E-state index in [9.17, 15) is 14.7 Å². The highest BCUT2D eigenvalue weighted by Crippen LogP contribution is 2.14. The summed E-state index contributed by atoms with van der Waals surface area (Å²) in [5.74, 6) is 0.542. The van der Waals surface area contributed by atoms with Crippen LogP contribution >= 0.6 is 12.4 Å². The summed E-state index contributed by atoms with van der Waals surface area (Å²) in [4.78, 5) is 23.9. The van der Waals surface area contributed by atoms with Gasteiger partial charge < -0.3 is 20.5 Å². The van der Waals surface area contributed by atoms with E-state index in [2.05, 4.69) is 10.6 Å². The molecule has 1 saturated heterocycles. The first-order valence-electron chi connectivity index (χ1n) is 8.01. The number of halogens is 1. The minimum Gasteiger partial charge on any atom is -0.494 e. The first-order valence-corrected chi connectivity index (χ1v) is 8.01. The van der Waals surface area contributed by atoms with Crippen molar-refractivity contribution in [3.63, 3.8) is 0 Å². The molecule has 7 heteroatoms. The minimum atomic E-state index is -0.416. The van der Waals surface area contributed by atoms with Crippen LogP contribution in [0.3, 0.4) is 0 Å². The number of ether oxygens (including phenoxy) is 1. The first-order chi connectivity index (χ1) is 11.1. The number of nitrogens with one attached hydrogen (secondary N) is 2. The lowest BCUT2D eigenvalue weighted by Gasteiger charge is -2.13. The van der Waals surface area contributed by atoms with E-state index < -0.39 is 6.10 Å². The molecule has 134 valence electrons. The summed E-state index contributed by atoms with van der Waals surface area (Å²) in [6.45, 7) is 4.19. The largest absolute Gasteiger partial charge is 0.494 e. The van der Waals surface area contributed by atoms with Crippen molar-refractivity contribution in [1.29, 1.82) is 0 Å². The second-order valence-corrected chi connectivity index (χ2v) is 5.67. The Labute approximate surface area is 148 Å². The third kappa shape index (κ3) is 6.11. The maximum atomic E-state index is 12.1. The lowest BCUT2D eigenvalue weighted by Crippen LogP contribution is -2.34. The molecule has 2 unspecified atom stereocenters. The highest BCUT2D eigenvalue weighted by molar-refractivity contribution is 5.98. The van der Waals surface area contributed by atoms with Gasteiger partial charge in [0, 0.05) is 44.0 Å². The predicted molar refractivity (Wildman–Crippen MR) is 93.8 cm³/mol. The number of aliphatic hydroxyl groups excluding tert-OH is 1. The fraction of sp³-hybridized carbons (Fsp3) is 0.529. The highest BCUT2D eigenvalue weighted by atomic mass is 35.5. The molecule has 0 aromatic heterocycles. The number of aliphatic hydroxyl groups is 1. The van der Waals surface area contributed by atoms with Gasteiger partial charge in [0.1, 0.15) is 5.75 Å². The van der Waals surface area contributed by atoms with Crippen molar-refractivity contribution >= 4 is 24.1 Å². The molecular formula is C17H25ClN2O4.